The van der Waals surface area contributed by atoms with Crippen molar-refractivity contribution in [2.24, 2.45) is 0 Å². The molecule has 2 rings (SSSR count). The van der Waals surface area contributed by atoms with Crippen molar-refractivity contribution in [1.82, 2.24) is 4.98 Å². The maximum absolute atomic E-state index is 9.28. The molecule has 1 aromatic heterocycles. The van der Waals surface area contributed by atoms with Crippen LogP contribution < -0.4 is 4.74 Å². The maximum Gasteiger partial charge on any atom is 0.224 e. The Labute approximate surface area is 115 Å². The van der Waals surface area contributed by atoms with Crippen LogP contribution in [-0.2, 0) is 13.0 Å². The zero-order valence-corrected chi connectivity index (χ0v) is 11.6. The quantitative estimate of drug-likeness (QED) is 0.936. The van der Waals surface area contributed by atoms with E-state index in [0.29, 0.717) is 11.4 Å². The van der Waals surface area contributed by atoms with Gasteiger partial charge in [-0.05, 0) is 46.1 Å². The molecule has 1 aromatic carbocycles. The largest absolute Gasteiger partial charge is 0.439 e. The van der Waals surface area contributed by atoms with Crippen molar-refractivity contribution in [2.45, 2.75) is 20.0 Å². The van der Waals surface area contributed by atoms with Crippen molar-refractivity contribution >= 4 is 15.9 Å². The fourth-order valence-corrected chi connectivity index (χ4v) is 1.99. The molecule has 0 saturated carbocycles. The van der Waals surface area contributed by atoms with Crippen molar-refractivity contribution in [2.75, 3.05) is 0 Å². The number of rotatable bonds is 4. The Morgan fingerprint density at radius 1 is 1.33 bits per heavy atom. The first-order valence-corrected chi connectivity index (χ1v) is 6.54. The fourth-order valence-electron chi connectivity index (χ4n) is 1.61. The lowest BCUT2D eigenvalue weighted by atomic mass is 10.2. The van der Waals surface area contributed by atoms with E-state index in [1.54, 1.807) is 12.3 Å². The minimum atomic E-state index is -0.102. The number of pyridine rings is 1. The minimum absolute atomic E-state index is 0.102. The molecule has 4 heteroatoms. The molecule has 94 valence electrons. The van der Waals surface area contributed by atoms with Gasteiger partial charge in [-0.3, -0.25) is 0 Å². The average molecular weight is 308 g/mol. The number of ether oxygens (including phenoxy) is 1. The molecule has 0 aliphatic rings. The van der Waals surface area contributed by atoms with Gasteiger partial charge >= 0.3 is 0 Å². The molecule has 1 N–H and O–H groups in total. The van der Waals surface area contributed by atoms with Gasteiger partial charge in [0.15, 0.2) is 0 Å². The van der Waals surface area contributed by atoms with Crippen LogP contribution in [-0.4, -0.2) is 10.1 Å². The smallest absolute Gasteiger partial charge is 0.224 e. The van der Waals surface area contributed by atoms with Crippen LogP contribution in [0, 0.1) is 0 Å². The van der Waals surface area contributed by atoms with Gasteiger partial charge in [-0.2, -0.15) is 0 Å². The summed E-state index contributed by atoms with van der Waals surface area (Å²) in [6.45, 7) is 1.99. The standard InChI is InChI=1S/C14H14BrNO2/c1-2-10-4-3-5-13(6-10)18-14-11(9-17)7-12(15)8-16-14/h3-8,17H,2,9H2,1H3. The van der Waals surface area contributed by atoms with E-state index in [9.17, 15) is 5.11 Å². The Morgan fingerprint density at radius 2 is 2.17 bits per heavy atom. The maximum atomic E-state index is 9.28. The Balaban J connectivity index is 2.27. The van der Waals surface area contributed by atoms with Crippen LogP contribution in [0.4, 0.5) is 0 Å². The Kier molecular flexibility index (Phi) is 4.33. The first-order chi connectivity index (χ1) is 8.72. The highest BCUT2D eigenvalue weighted by atomic mass is 79.9. The lowest BCUT2D eigenvalue weighted by Crippen LogP contribution is -1.95. The normalized spacial score (nSPS) is 10.4. The van der Waals surface area contributed by atoms with Gasteiger partial charge in [0.05, 0.1) is 6.61 Å². The van der Waals surface area contributed by atoms with Crippen LogP contribution in [0.1, 0.15) is 18.1 Å². The summed E-state index contributed by atoms with van der Waals surface area (Å²) in [7, 11) is 0. The third kappa shape index (κ3) is 3.09. The van der Waals surface area contributed by atoms with Crippen molar-refractivity contribution in [3.05, 3.63) is 52.1 Å². The number of aliphatic hydroxyl groups excluding tert-OH is 1. The molecule has 0 saturated heterocycles. The van der Waals surface area contributed by atoms with Crippen LogP contribution in [0.15, 0.2) is 41.0 Å². The van der Waals surface area contributed by atoms with Gasteiger partial charge in [-0.25, -0.2) is 4.98 Å². The molecule has 0 atom stereocenters. The van der Waals surface area contributed by atoms with Crippen molar-refractivity contribution < 1.29 is 9.84 Å². The lowest BCUT2D eigenvalue weighted by molar-refractivity contribution is 0.275. The topological polar surface area (TPSA) is 42.4 Å². The monoisotopic (exact) mass is 307 g/mol. The molecule has 18 heavy (non-hydrogen) atoms. The minimum Gasteiger partial charge on any atom is -0.439 e. The lowest BCUT2D eigenvalue weighted by Gasteiger charge is -2.09. The second-order valence-electron chi connectivity index (χ2n) is 3.88. The number of halogens is 1. The number of aliphatic hydroxyl groups is 1. The summed E-state index contributed by atoms with van der Waals surface area (Å²) in [5, 5.41) is 9.28. The van der Waals surface area contributed by atoms with Gasteiger partial charge in [-0.15, -0.1) is 0 Å². The summed E-state index contributed by atoms with van der Waals surface area (Å²) in [4.78, 5) is 4.17. The number of aryl methyl sites for hydroxylation is 1. The Hall–Kier alpha value is -1.39. The van der Waals surface area contributed by atoms with Gasteiger partial charge in [0.25, 0.3) is 0 Å². The van der Waals surface area contributed by atoms with Crippen LogP contribution in [0.5, 0.6) is 11.6 Å². The number of aromatic nitrogens is 1. The van der Waals surface area contributed by atoms with E-state index in [0.717, 1.165) is 16.6 Å². The predicted octanol–water partition coefficient (Wildman–Crippen LogP) is 3.69. The van der Waals surface area contributed by atoms with E-state index in [1.807, 2.05) is 18.2 Å². The van der Waals surface area contributed by atoms with Gasteiger partial charge in [0.2, 0.25) is 5.88 Å². The van der Waals surface area contributed by atoms with E-state index in [-0.39, 0.29) is 6.61 Å². The van der Waals surface area contributed by atoms with Crippen LogP contribution >= 0.6 is 15.9 Å². The van der Waals surface area contributed by atoms with E-state index in [2.05, 4.69) is 33.9 Å². The molecular formula is C14H14BrNO2. The Bertz CT molecular complexity index is 543. The zero-order chi connectivity index (χ0) is 13.0. The molecule has 1 heterocycles. The number of hydrogen-bond donors (Lipinski definition) is 1. The highest BCUT2D eigenvalue weighted by Gasteiger charge is 2.07. The van der Waals surface area contributed by atoms with Gasteiger partial charge in [0.1, 0.15) is 5.75 Å². The molecule has 0 aliphatic carbocycles. The molecular weight excluding hydrogens is 294 g/mol. The van der Waals surface area contributed by atoms with Crippen molar-refractivity contribution in [3.8, 4) is 11.6 Å². The summed E-state index contributed by atoms with van der Waals surface area (Å²) >= 11 is 3.32. The number of hydrogen-bond acceptors (Lipinski definition) is 3. The van der Waals surface area contributed by atoms with Gasteiger partial charge in [0, 0.05) is 16.2 Å². The highest BCUT2D eigenvalue weighted by molar-refractivity contribution is 9.10. The van der Waals surface area contributed by atoms with Gasteiger partial charge < -0.3 is 9.84 Å². The summed E-state index contributed by atoms with van der Waals surface area (Å²) in [5.41, 5.74) is 1.86. The number of benzene rings is 1. The molecule has 0 aliphatic heterocycles. The second-order valence-corrected chi connectivity index (χ2v) is 4.79. The second kappa shape index (κ2) is 5.98. The summed E-state index contributed by atoms with van der Waals surface area (Å²) in [5.74, 6) is 1.17. The van der Waals surface area contributed by atoms with Crippen LogP contribution in [0.3, 0.4) is 0 Å². The van der Waals surface area contributed by atoms with E-state index in [1.165, 1.54) is 5.56 Å². The molecule has 0 spiro atoms. The summed E-state index contributed by atoms with van der Waals surface area (Å²) in [6, 6.07) is 9.65. The highest BCUT2D eigenvalue weighted by Crippen LogP contribution is 2.26. The molecule has 0 radical (unpaired) electrons. The average Bonchev–Trinajstić information content (AvgIpc) is 2.41. The first kappa shape index (κ1) is 13.1. The zero-order valence-electron chi connectivity index (χ0n) is 10.1. The first-order valence-electron chi connectivity index (χ1n) is 5.75. The molecule has 0 amide bonds. The van der Waals surface area contributed by atoms with Gasteiger partial charge in [-0.1, -0.05) is 19.1 Å². The number of nitrogens with zero attached hydrogens (tertiary/aromatic N) is 1. The molecule has 0 unspecified atom stereocenters. The molecule has 2 aromatic rings. The summed E-state index contributed by atoms with van der Waals surface area (Å²) in [6.07, 6.45) is 2.61. The molecule has 3 nitrogen and oxygen atoms in total. The van der Waals surface area contributed by atoms with Crippen LogP contribution in [0.2, 0.25) is 0 Å². The SMILES string of the molecule is CCc1cccc(Oc2ncc(Br)cc2CO)c1. The van der Waals surface area contributed by atoms with Crippen molar-refractivity contribution in [1.29, 1.82) is 0 Å². The third-order valence-electron chi connectivity index (χ3n) is 2.58. The Morgan fingerprint density at radius 3 is 2.89 bits per heavy atom. The van der Waals surface area contributed by atoms with Crippen LogP contribution in [0.25, 0.3) is 0 Å². The van der Waals surface area contributed by atoms with E-state index in [4.69, 9.17) is 4.74 Å². The van der Waals surface area contributed by atoms with Crippen molar-refractivity contribution in [3.63, 3.8) is 0 Å². The predicted molar refractivity (Wildman–Crippen MR) is 73.8 cm³/mol. The molecule has 0 bridgehead atoms. The molecule has 0 fully saturated rings. The third-order valence-corrected chi connectivity index (χ3v) is 3.02. The van der Waals surface area contributed by atoms with E-state index < -0.39 is 0 Å². The fraction of sp³-hybridized carbons (Fsp3) is 0.214. The summed E-state index contributed by atoms with van der Waals surface area (Å²) < 4.78 is 6.53. The van der Waals surface area contributed by atoms with E-state index >= 15 is 0 Å².